The van der Waals surface area contributed by atoms with E-state index in [2.05, 4.69) is 5.10 Å². The van der Waals surface area contributed by atoms with Gasteiger partial charge in [-0.3, -0.25) is 4.79 Å². The molecule has 0 radical (unpaired) electrons. The van der Waals surface area contributed by atoms with Gasteiger partial charge in [0.05, 0.1) is 22.0 Å². The van der Waals surface area contributed by atoms with E-state index >= 15 is 0 Å². The average molecular weight is 318 g/mol. The zero-order chi connectivity index (χ0) is 14.2. The third-order valence-corrected chi connectivity index (χ3v) is 3.60. The summed E-state index contributed by atoms with van der Waals surface area (Å²) in [4.78, 5) is 11.1. The fraction of sp³-hybridized carbons (Fsp3) is 0.231. The predicted octanol–water partition coefficient (Wildman–Crippen LogP) is 4.77. The molecule has 0 saturated heterocycles. The van der Waals surface area contributed by atoms with Gasteiger partial charge in [-0.2, -0.15) is 5.10 Å². The van der Waals surface area contributed by atoms with Gasteiger partial charge in [-0.15, -0.1) is 0 Å². The van der Waals surface area contributed by atoms with Gasteiger partial charge in [0.2, 0.25) is 0 Å². The molecule has 1 aromatic heterocycles. The van der Waals surface area contributed by atoms with Crippen molar-refractivity contribution >= 4 is 41.1 Å². The maximum absolute atomic E-state index is 11.1. The summed E-state index contributed by atoms with van der Waals surface area (Å²) in [6.45, 7) is 3.89. The van der Waals surface area contributed by atoms with Crippen LogP contribution in [0.3, 0.4) is 0 Å². The van der Waals surface area contributed by atoms with Gasteiger partial charge in [-0.05, 0) is 24.1 Å². The van der Waals surface area contributed by atoms with Crippen molar-refractivity contribution in [1.82, 2.24) is 9.78 Å². The molecule has 100 valence electrons. The second-order valence-corrected chi connectivity index (χ2v) is 5.57. The van der Waals surface area contributed by atoms with Crippen molar-refractivity contribution in [2.75, 3.05) is 0 Å². The summed E-state index contributed by atoms with van der Waals surface area (Å²) < 4.78 is 1.46. The van der Waals surface area contributed by atoms with E-state index in [4.69, 9.17) is 34.8 Å². The van der Waals surface area contributed by atoms with Crippen LogP contribution in [0.1, 0.15) is 35.8 Å². The largest absolute Gasteiger partial charge is 0.298 e. The summed E-state index contributed by atoms with van der Waals surface area (Å²) in [5, 5.41) is 5.57. The molecule has 0 aliphatic rings. The van der Waals surface area contributed by atoms with Crippen LogP contribution in [0.2, 0.25) is 15.2 Å². The van der Waals surface area contributed by atoms with E-state index in [-0.39, 0.29) is 11.1 Å². The van der Waals surface area contributed by atoms with Crippen molar-refractivity contribution in [3.8, 4) is 5.69 Å². The molecule has 3 nitrogen and oxygen atoms in total. The van der Waals surface area contributed by atoms with Gasteiger partial charge >= 0.3 is 0 Å². The molecule has 0 atom stereocenters. The number of rotatable bonds is 3. The number of aromatic nitrogens is 2. The Morgan fingerprint density at radius 1 is 1.26 bits per heavy atom. The van der Waals surface area contributed by atoms with E-state index in [0.29, 0.717) is 33.3 Å². The third kappa shape index (κ3) is 2.64. The molecule has 0 unspecified atom stereocenters. The minimum Gasteiger partial charge on any atom is -0.298 e. The first-order chi connectivity index (χ1) is 8.95. The lowest BCUT2D eigenvalue weighted by atomic mass is 10.1. The van der Waals surface area contributed by atoms with Crippen molar-refractivity contribution in [2.45, 2.75) is 19.8 Å². The Bertz CT molecular complexity index is 635. The highest BCUT2D eigenvalue weighted by Gasteiger charge is 2.20. The van der Waals surface area contributed by atoms with Crippen molar-refractivity contribution in [3.05, 3.63) is 44.7 Å². The number of carbonyl (C=O) groups is 1. The third-order valence-electron chi connectivity index (χ3n) is 2.69. The van der Waals surface area contributed by atoms with Gasteiger partial charge in [0.25, 0.3) is 0 Å². The van der Waals surface area contributed by atoms with E-state index < -0.39 is 0 Å². The zero-order valence-electron chi connectivity index (χ0n) is 10.3. The number of nitrogens with zero attached hydrogens (tertiary/aromatic N) is 2. The Morgan fingerprint density at radius 3 is 2.42 bits per heavy atom. The summed E-state index contributed by atoms with van der Waals surface area (Å²) in [7, 11) is 0. The molecular formula is C13H11Cl3N2O. The number of benzene rings is 1. The van der Waals surface area contributed by atoms with Crippen LogP contribution in [0, 0.1) is 0 Å². The molecule has 19 heavy (non-hydrogen) atoms. The number of halogens is 3. The number of carbonyl (C=O) groups excluding carboxylic acids is 1. The van der Waals surface area contributed by atoms with E-state index in [9.17, 15) is 4.79 Å². The molecule has 0 aliphatic heterocycles. The lowest BCUT2D eigenvalue weighted by Crippen LogP contribution is -1.99. The fourth-order valence-electron chi connectivity index (χ4n) is 1.77. The summed E-state index contributed by atoms with van der Waals surface area (Å²) in [6, 6.07) is 5.00. The average Bonchev–Trinajstić information content (AvgIpc) is 2.66. The van der Waals surface area contributed by atoms with Crippen LogP contribution >= 0.6 is 34.8 Å². The first-order valence-corrected chi connectivity index (χ1v) is 6.78. The highest BCUT2D eigenvalue weighted by molar-refractivity contribution is 6.36. The second-order valence-electron chi connectivity index (χ2n) is 4.37. The Kier molecular flexibility index (Phi) is 4.19. The molecule has 0 bridgehead atoms. The van der Waals surface area contributed by atoms with Gasteiger partial charge in [-0.1, -0.05) is 48.7 Å². The number of aldehydes is 1. The monoisotopic (exact) mass is 316 g/mol. The second kappa shape index (κ2) is 5.53. The predicted molar refractivity (Wildman–Crippen MR) is 78.1 cm³/mol. The van der Waals surface area contributed by atoms with Gasteiger partial charge in [0.15, 0.2) is 6.29 Å². The van der Waals surface area contributed by atoms with Crippen LogP contribution in [-0.2, 0) is 0 Å². The molecule has 6 heteroatoms. The molecule has 1 heterocycles. The Morgan fingerprint density at radius 2 is 1.95 bits per heavy atom. The highest BCUT2D eigenvalue weighted by Crippen LogP contribution is 2.31. The van der Waals surface area contributed by atoms with Crippen LogP contribution in [0.25, 0.3) is 5.69 Å². The van der Waals surface area contributed by atoms with Crippen LogP contribution in [0.4, 0.5) is 0 Å². The van der Waals surface area contributed by atoms with Crippen molar-refractivity contribution in [3.63, 3.8) is 0 Å². The molecular weight excluding hydrogens is 307 g/mol. The van der Waals surface area contributed by atoms with Crippen LogP contribution in [-0.4, -0.2) is 16.1 Å². The molecule has 0 saturated carbocycles. The summed E-state index contributed by atoms with van der Waals surface area (Å²) >= 11 is 18.2. The molecule has 0 N–H and O–H groups in total. The maximum Gasteiger partial charge on any atom is 0.155 e. The van der Waals surface area contributed by atoms with E-state index in [1.807, 2.05) is 13.8 Å². The number of hydrogen-bond donors (Lipinski definition) is 0. The smallest absolute Gasteiger partial charge is 0.155 e. The Labute approximate surface area is 126 Å². The lowest BCUT2D eigenvalue weighted by molar-refractivity contribution is 0.112. The summed E-state index contributed by atoms with van der Waals surface area (Å²) in [6.07, 6.45) is 0.713. The first kappa shape index (κ1) is 14.4. The normalized spacial score (nSPS) is 11.1. The van der Waals surface area contributed by atoms with Crippen molar-refractivity contribution < 1.29 is 4.79 Å². The standard InChI is InChI=1S/C13H11Cl3N2O/c1-7(2)12-9(6-19)13(16)18(17-12)11-4-3-8(14)5-10(11)15/h3-7H,1-2H3. The van der Waals surface area contributed by atoms with Gasteiger partial charge < -0.3 is 0 Å². The highest BCUT2D eigenvalue weighted by atomic mass is 35.5. The molecule has 1 aromatic carbocycles. The minimum absolute atomic E-state index is 0.0880. The van der Waals surface area contributed by atoms with E-state index in [1.54, 1.807) is 18.2 Å². The molecule has 0 fully saturated rings. The molecule has 0 aliphatic carbocycles. The van der Waals surface area contributed by atoms with Gasteiger partial charge in [0, 0.05) is 5.02 Å². The van der Waals surface area contributed by atoms with Gasteiger partial charge in [0.1, 0.15) is 5.15 Å². The van der Waals surface area contributed by atoms with Crippen molar-refractivity contribution in [2.24, 2.45) is 0 Å². The van der Waals surface area contributed by atoms with E-state index in [0.717, 1.165) is 0 Å². The van der Waals surface area contributed by atoms with Crippen LogP contribution in [0.5, 0.6) is 0 Å². The quantitative estimate of drug-likeness (QED) is 0.764. The zero-order valence-corrected chi connectivity index (χ0v) is 12.6. The van der Waals surface area contributed by atoms with Crippen LogP contribution < -0.4 is 0 Å². The number of hydrogen-bond acceptors (Lipinski definition) is 2. The summed E-state index contributed by atoms with van der Waals surface area (Å²) in [5.74, 6) is 0.0880. The Hall–Kier alpha value is -1.03. The van der Waals surface area contributed by atoms with Crippen LogP contribution in [0.15, 0.2) is 18.2 Å². The molecule has 0 spiro atoms. The summed E-state index contributed by atoms with van der Waals surface area (Å²) in [5.41, 5.74) is 1.62. The van der Waals surface area contributed by atoms with Crippen molar-refractivity contribution in [1.29, 1.82) is 0 Å². The lowest BCUT2D eigenvalue weighted by Gasteiger charge is -2.06. The van der Waals surface area contributed by atoms with E-state index in [1.165, 1.54) is 4.68 Å². The first-order valence-electron chi connectivity index (χ1n) is 5.64. The topological polar surface area (TPSA) is 34.9 Å². The molecule has 0 amide bonds. The Balaban J connectivity index is 2.66. The molecule has 2 aromatic rings. The molecule has 2 rings (SSSR count). The minimum atomic E-state index is 0.0880. The van der Waals surface area contributed by atoms with Gasteiger partial charge in [-0.25, -0.2) is 4.68 Å². The fourth-order valence-corrected chi connectivity index (χ4v) is 2.53. The maximum atomic E-state index is 11.1. The SMILES string of the molecule is CC(C)c1nn(-c2ccc(Cl)cc2Cl)c(Cl)c1C=O.